The van der Waals surface area contributed by atoms with Gasteiger partial charge in [0.2, 0.25) is 0 Å². The number of anilines is 1. The van der Waals surface area contributed by atoms with Crippen molar-refractivity contribution in [3.8, 4) is 11.1 Å². The molecule has 1 aromatic carbocycles. The van der Waals surface area contributed by atoms with Crippen molar-refractivity contribution in [1.82, 2.24) is 9.97 Å². The van der Waals surface area contributed by atoms with Gasteiger partial charge in [0.25, 0.3) is 0 Å². The van der Waals surface area contributed by atoms with Crippen molar-refractivity contribution in [1.29, 1.82) is 0 Å². The smallest absolute Gasteiger partial charge is 0.397 e. The van der Waals surface area contributed by atoms with Crippen molar-refractivity contribution in [2.45, 2.75) is 36.8 Å². The largest absolute Gasteiger partial charge is 0.417 e. The molecule has 8 heteroatoms. The van der Waals surface area contributed by atoms with E-state index in [0.29, 0.717) is 11.7 Å². The molecule has 3 aromatic rings. The second kappa shape index (κ2) is 8.70. The standard InChI is InChI=1S/C23H21F3N4S/c1-2-31-21-9-17(16-7-5-15(6-8-16)14-3-4-14)11-29-22(21)30-13-20-19(27)10-18(12-28-20)23(24,25)26/h5-14H,2-4,27H2,1H3/b30-13+. The van der Waals surface area contributed by atoms with Gasteiger partial charge in [-0.15, -0.1) is 11.8 Å². The molecule has 160 valence electrons. The fourth-order valence-electron chi connectivity index (χ4n) is 3.20. The maximum Gasteiger partial charge on any atom is 0.417 e. The van der Waals surface area contributed by atoms with Crippen LogP contribution in [0.1, 0.15) is 42.5 Å². The Labute approximate surface area is 182 Å². The molecule has 0 amide bonds. The Morgan fingerprint density at radius 1 is 1.10 bits per heavy atom. The van der Waals surface area contributed by atoms with Crippen LogP contribution in [-0.4, -0.2) is 21.9 Å². The Hall–Kier alpha value is -2.87. The van der Waals surface area contributed by atoms with Crippen molar-refractivity contribution in [2.24, 2.45) is 4.99 Å². The van der Waals surface area contributed by atoms with Gasteiger partial charge in [-0.1, -0.05) is 31.2 Å². The Bertz CT molecular complexity index is 1110. The molecule has 0 saturated heterocycles. The van der Waals surface area contributed by atoms with Gasteiger partial charge in [-0.25, -0.2) is 9.98 Å². The molecule has 4 rings (SSSR count). The monoisotopic (exact) mass is 442 g/mol. The zero-order chi connectivity index (χ0) is 22.0. The summed E-state index contributed by atoms with van der Waals surface area (Å²) < 4.78 is 38.4. The molecule has 0 unspecified atom stereocenters. The molecule has 1 fully saturated rings. The zero-order valence-corrected chi connectivity index (χ0v) is 17.7. The van der Waals surface area contributed by atoms with Crippen LogP contribution in [0.25, 0.3) is 11.1 Å². The molecule has 0 aliphatic heterocycles. The van der Waals surface area contributed by atoms with E-state index in [4.69, 9.17) is 5.73 Å². The highest BCUT2D eigenvalue weighted by Crippen LogP contribution is 2.40. The van der Waals surface area contributed by atoms with E-state index in [-0.39, 0.29) is 11.4 Å². The molecular weight excluding hydrogens is 421 g/mol. The van der Waals surface area contributed by atoms with Gasteiger partial charge in [0.1, 0.15) is 5.69 Å². The number of halogens is 3. The van der Waals surface area contributed by atoms with E-state index in [1.54, 1.807) is 18.0 Å². The van der Waals surface area contributed by atoms with Crippen molar-refractivity contribution >= 4 is 29.5 Å². The van der Waals surface area contributed by atoms with E-state index < -0.39 is 11.7 Å². The van der Waals surface area contributed by atoms with Crippen molar-refractivity contribution in [3.05, 3.63) is 65.6 Å². The lowest BCUT2D eigenvalue weighted by Crippen LogP contribution is -2.08. The lowest BCUT2D eigenvalue weighted by Gasteiger charge is -2.09. The highest BCUT2D eigenvalue weighted by molar-refractivity contribution is 7.99. The molecule has 2 heterocycles. The van der Waals surface area contributed by atoms with Gasteiger partial charge in [0, 0.05) is 18.0 Å². The SMILES string of the molecule is CCSc1cc(-c2ccc(C3CC3)cc2)cnc1/N=C/c1ncc(C(F)(F)F)cc1N. The lowest BCUT2D eigenvalue weighted by molar-refractivity contribution is -0.137. The van der Waals surface area contributed by atoms with E-state index in [1.807, 2.05) is 13.0 Å². The summed E-state index contributed by atoms with van der Waals surface area (Å²) in [6, 6.07) is 11.5. The topological polar surface area (TPSA) is 64.2 Å². The van der Waals surface area contributed by atoms with E-state index in [0.717, 1.165) is 34.0 Å². The summed E-state index contributed by atoms with van der Waals surface area (Å²) in [7, 11) is 0. The maximum atomic E-state index is 12.8. The van der Waals surface area contributed by atoms with E-state index in [9.17, 15) is 13.2 Å². The molecule has 2 aromatic heterocycles. The van der Waals surface area contributed by atoms with Crippen LogP contribution in [-0.2, 0) is 6.18 Å². The van der Waals surface area contributed by atoms with E-state index in [1.165, 1.54) is 24.6 Å². The Morgan fingerprint density at radius 3 is 2.45 bits per heavy atom. The number of nitrogens with two attached hydrogens (primary N) is 1. The van der Waals surface area contributed by atoms with Crippen molar-refractivity contribution < 1.29 is 13.2 Å². The Kier molecular flexibility index (Phi) is 6.00. The third kappa shape index (κ3) is 5.07. The summed E-state index contributed by atoms with van der Waals surface area (Å²) in [5.41, 5.74) is 8.38. The number of aromatic nitrogens is 2. The number of benzene rings is 1. The molecule has 0 radical (unpaired) electrons. The number of rotatable bonds is 6. The van der Waals surface area contributed by atoms with Crippen LogP contribution < -0.4 is 5.73 Å². The number of thioether (sulfide) groups is 1. The minimum atomic E-state index is -4.49. The molecule has 4 nitrogen and oxygen atoms in total. The van der Waals surface area contributed by atoms with Crippen LogP contribution in [0.2, 0.25) is 0 Å². The van der Waals surface area contributed by atoms with Gasteiger partial charge in [0.05, 0.1) is 22.4 Å². The number of nitrogen functional groups attached to an aromatic ring is 1. The number of pyridine rings is 2. The van der Waals surface area contributed by atoms with Crippen LogP contribution in [0, 0.1) is 0 Å². The summed E-state index contributed by atoms with van der Waals surface area (Å²) in [6.45, 7) is 2.03. The van der Waals surface area contributed by atoms with Crippen LogP contribution in [0.5, 0.6) is 0 Å². The molecular formula is C23H21F3N4S. The Morgan fingerprint density at radius 2 is 1.84 bits per heavy atom. The normalized spacial score (nSPS) is 14.3. The quantitative estimate of drug-likeness (QED) is 0.350. The second-order valence-electron chi connectivity index (χ2n) is 7.33. The maximum absolute atomic E-state index is 12.8. The van der Waals surface area contributed by atoms with E-state index in [2.05, 4.69) is 39.2 Å². The second-order valence-corrected chi connectivity index (χ2v) is 8.64. The number of hydrogen-bond donors (Lipinski definition) is 1. The van der Waals surface area contributed by atoms with Gasteiger partial charge in [-0.05, 0) is 47.8 Å². The van der Waals surface area contributed by atoms with Crippen LogP contribution in [0.3, 0.4) is 0 Å². The molecule has 2 N–H and O–H groups in total. The van der Waals surface area contributed by atoms with Gasteiger partial charge < -0.3 is 5.73 Å². The average Bonchev–Trinajstić information content (AvgIpc) is 3.59. The number of alkyl halides is 3. The molecule has 1 saturated carbocycles. The third-order valence-corrected chi connectivity index (χ3v) is 5.91. The van der Waals surface area contributed by atoms with E-state index >= 15 is 0 Å². The first kappa shape index (κ1) is 21.4. The first-order chi connectivity index (χ1) is 14.8. The predicted molar refractivity (Wildman–Crippen MR) is 119 cm³/mol. The molecule has 1 aliphatic carbocycles. The fraction of sp³-hybridized carbons (Fsp3) is 0.261. The highest BCUT2D eigenvalue weighted by Gasteiger charge is 2.31. The molecule has 0 atom stereocenters. The summed E-state index contributed by atoms with van der Waals surface area (Å²) in [4.78, 5) is 13.5. The van der Waals surface area contributed by atoms with Gasteiger partial charge >= 0.3 is 6.18 Å². The highest BCUT2D eigenvalue weighted by atomic mass is 32.2. The average molecular weight is 443 g/mol. The molecule has 1 aliphatic rings. The minimum Gasteiger partial charge on any atom is -0.397 e. The number of nitrogens with zero attached hydrogens (tertiary/aromatic N) is 3. The van der Waals surface area contributed by atoms with Crippen LogP contribution in [0.4, 0.5) is 24.7 Å². The fourth-order valence-corrected chi connectivity index (χ4v) is 3.95. The molecule has 0 spiro atoms. The van der Waals surface area contributed by atoms with Gasteiger partial charge in [-0.3, -0.25) is 4.98 Å². The van der Waals surface area contributed by atoms with Crippen LogP contribution >= 0.6 is 11.8 Å². The zero-order valence-electron chi connectivity index (χ0n) is 16.9. The van der Waals surface area contributed by atoms with Crippen LogP contribution in [0.15, 0.2) is 58.7 Å². The summed E-state index contributed by atoms with van der Waals surface area (Å²) in [6.07, 6.45) is 1.90. The first-order valence-electron chi connectivity index (χ1n) is 9.95. The summed E-state index contributed by atoms with van der Waals surface area (Å²) in [5.74, 6) is 2.02. The van der Waals surface area contributed by atoms with Crippen molar-refractivity contribution in [2.75, 3.05) is 11.5 Å². The third-order valence-electron chi connectivity index (χ3n) is 5.01. The lowest BCUT2D eigenvalue weighted by atomic mass is 10.0. The van der Waals surface area contributed by atoms with Gasteiger partial charge in [0.15, 0.2) is 5.82 Å². The minimum absolute atomic E-state index is 0.0874. The van der Waals surface area contributed by atoms with Gasteiger partial charge in [-0.2, -0.15) is 13.2 Å². The predicted octanol–water partition coefficient (Wildman–Crippen LogP) is 6.48. The Balaban J connectivity index is 1.59. The van der Waals surface area contributed by atoms with Crippen molar-refractivity contribution in [3.63, 3.8) is 0 Å². The number of aliphatic imine (C=N–C) groups is 1. The summed E-state index contributed by atoms with van der Waals surface area (Å²) >= 11 is 1.60. The molecule has 31 heavy (non-hydrogen) atoms. The number of hydrogen-bond acceptors (Lipinski definition) is 5. The summed E-state index contributed by atoms with van der Waals surface area (Å²) in [5, 5.41) is 0. The molecule has 0 bridgehead atoms. The first-order valence-corrected chi connectivity index (χ1v) is 10.9.